The van der Waals surface area contributed by atoms with Gasteiger partial charge in [0.1, 0.15) is 0 Å². The van der Waals surface area contributed by atoms with Gasteiger partial charge in [-0.25, -0.2) is 4.79 Å². The summed E-state index contributed by atoms with van der Waals surface area (Å²) in [5.74, 6) is 0. The Kier molecular flexibility index (Phi) is 4.03. The van der Waals surface area contributed by atoms with Crippen molar-refractivity contribution >= 4 is 11.7 Å². The van der Waals surface area contributed by atoms with Gasteiger partial charge in [0.25, 0.3) is 0 Å². The van der Waals surface area contributed by atoms with Gasteiger partial charge in [-0.05, 0) is 48.9 Å². The fraction of sp³-hybridized carbons (Fsp3) is 0.429. The van der Waals surface area contributed by atoms with Crippen molar-refractivity contribution in [3.05, 3.63) is 29.8 Å². The normalized spacial score (nSPS) is 15.4. The molecule has 1 aromatic carbocycles. The van der Waals surface area contributed by atoms with Crippen molar-refractivity contribution in [2.24, 2.45) is 5.41 Å². The number of hydrogen-bond acceptors (Lipinski definition) is 3. The lowest BCUT2D eigenvalue weighted by Crippen LogP contribution is -2.34. The van der Waals surface area contributed by atoms with Crippen LogP contribution in [0.1, 0.15) is 24.8 Å². The van der Waals surface area contributed by atoms with Crippen LogP contribution in [-0.2, 0) is 0 Å². The Bertz CT molecular complexity index is 486. The minimum absolute atomic E-state index is 0.108. The molecule has 3 N–H and O–H groups in total. The zero-order chi connectivity index (χ0) is 13.7. The number of aliphatic hydroxyl groups excluding tert-OH is 1. The number of amides is 2. The third-order valence-corrected chi connectivity index (χ3v) is 3.50. The summed E-state index contributed by atoms with van der Waals surface area (Å²) in [4.78, 5) is 11.7. The van der Waals surface area contributed by atoms with Gasteiger partial charge < -0.3 is 15.7 Å². The zero-order valence-electron chi connectivity index (χ0n) is 10.6. The van der Waals surface area contributed by atoms with Crippen molar-refractivity contribution in [1.29, 1.82) is 5.26 Å². The summed E-state index contributed by atoms with van der Waals surface area (Å²) < 4.78 is 0. The highest BCUT2D eigenvalue weighted by Crippen LogP contribution is 2.47. The molecule has 0 spiro atoms. The number of nitrogens with zero attached hydrogens (tertiary/aromatic N) is 1. The summed E-state index contributed by atoms with van der Waals surface area (Å²) in [7, 11) is 0. The van der Waals surface area contributed by atoms with E-state index in [4.69, 9.17) is 10.4 Å². The minimum Gasteiger partial charge on any atom is -0.396 e. The van der Waals surface area contributed by atoms with Crippen LogP contribution in [0.2, 0.25) is 0 Å². The molecule has 2 rings (SSSR count). The third-order valence-electron chi connectivity index (χ3n) is 3.50. The molecule has 0 aliphatic heterocycles. The van der Waals surface area contributed by atoms with Gasteiger partial charge in [-0.2, -0.15) is 5.26 Å². The highest BCUT2D eigenvalue weighted by molar-refractivity contribution is 5.89. The van der Waals surface area contributed by atoms with E-state index < -0.39 is 0 Å². The molecule has 5 nitrogen and oxygen atoms in total. The maximum Gasteiger partial charge on any atom is 0.319 e. The van der Waals surface area contributed by atoms with E-state index in [1.165, 1.54) is 0 Å². The molecule has 2 amide bonds. The molecule has 0 atom stereocenters. The predicted molar refractivity (Wildman–Crippen MR) is 71.5 cm³/mol. The molecule has 100 valence electrons. The Morgan fingerprint density at radius 2 is 2.05 bits per heavy atom. The van der Waals surface area contributed by atoms with E-state index in [2.05, 4.69) is 10.6 Å². The molecule has 0 aromatic heterocycles. The number of hydrogen-bond donors (Lipinski definition) is 3. The van der Waals surface area contributed by atoms with Crippen LogP contribution in [0.3, 0.4) is 0 Å². The fourth-order valence-electron chi connectivity index (χ4n) is 2.00. The maximum atomic E-state index is 11.7. The lowest BCUT2D eigenvalue weighted by atomic mass is 10.0. The summed E-state index contributed by atoms with van der Waals surface area (Å²) in [6.07, 6.45) is 2.86. The number of rotatable bonds is 5. The molecular weight excluding hydrogens is 242 g/mol. The summed E-state index contributed by atoms with van der Waals surface area (Å²) in [5.41, 5.74) is 1.32. The van der Waals surface area contributed by atoms with Crippen LogP contribution in [-0.4, -0.2) is 24.3 Å². The van der Waals surface area contributed by atoms with Gasteiger partial charge in [0.15, 0.2) is 0 Å². The lowest BCUT2D eigenvalue weighted by molar-refractivity contribution is 0.234. The van der Waals surface area contributed by atoms with E-state index in [1.54, 1.807) is 24.3 Å². The smallest absolute Gasteiger partial charge is 0.319 e. The van der Waals surface area contributed by atoms with Crippen molar-refractivity contribution < 1.29 is 9.90 Å². The highest BCUT2D eigenvalue weighted by Gasteiger charge is 2.41. The summed E-state index contributed by atoms with van der Waals surface area (Å²) in [6.45, 7) is 0.759. The second-order valence-electron chi connectivity index (χ2n) is 4.97. The van der Waals surface area contributed by atoms with Crippen LogP contribution in [0.25, 0.3) is 0 Å². The van der Waals surface area contributed by atoms with Gasteiger partial charge in [0.05, 0.1) is 11.6 Å². The van der Waals surface area contributed by atoms with Crippen molar-refractivity contribution in [2.75, 3.05) is 18.5 Å². The van der Waals surface area contributed by atoms with Gasteiger partial charge >= 0.3 is 6.03 Å². The Hall–Kier alpha value is -2.06. The first kappa shape index (κ1) is 13.4. The second kappa shape index (κ2) is 5.72. The van der Waals surface area contributed by atoms with Gasteiger partial charge in [0.2, 0.25) is 0 Å². The SMILES string of the molecule is N#Cc1ccc(NC(=O)NCC2(CCO)CC2)cc1. The number of benzene rings is 1. The van der Waals surface area contributed by atoms with E-state index in [-0.39, 0.29) is 18.1 Å². The van der Waals surface area contributed by atoms with Crippen LogP contribution in [0.4, 0.5) is 10.5 Å². The topological polar surface area (TPSA) is 85.2 Å². The molecule has 19 heavy (non-hydrogen) atoms. The van der Waals surface area contributed by atoms with Gasteiger partial charge in [0, 0.05) is 18.8 Å². The fourth-order valence-corrected chi connectivity index (χ4v) is 2.00. The summed E-state index contributed by atoms with van der Waals surface area (Å²) >= 11 is 0. The van der Waals surface area contributed by atoms with Crippen LogP contribution >= 0.6 is 0 Å². The van der Waals surface area contributed by atoms with Crippen molar-refractivity contribution in [2.45, 2.75) is 19.3 Å². The van der Waals surface area contributed by atoms with Crippen LogP contribution in [0.15, 0.2) is 24.3 Å². The Labute approximate surface area is 112 Å². The molecule has 1 aliphatic carbocycles. The summed E-state index contributed by atoms with van der Waals surface area (Å²) in [5, 5.41) is 23.1. The molecule has 5 heteroatoms. The third kappa shape index (κ3) is 3.70. The number of nitriles is 1. The van der Waals surface area contributed by atoms with Crippen molar-refractivity contribution in [3.8, 4) is 6.07 Å². The Morgan fingerprint density at radius 3 is 2.58 bits per heavy atom. The number of carbonyl (C=O) groups is 1. The number of urea groups is 1. The molecule has 0 unspecified atom stereocenters. The summed E-state index contributed by atoms with van der Waals surface area (Å²) in [6, 6.07) is 8.47. The average Bonchev–Trinajstić information content (AvgIpc) is 3.18. The van der Waals surface area contributed by atoms with E-state index in [9.17, 15) is 4.79 Å². The van der Waals surface area contributed by atoms with Crippen LogP contribution in [0.5, 0.6) is 0 Å². The minimum atomic E-state index is -0.256. The highest BCUT2D eigenvalue weighted by atomic mass is 16.3. The lowest BCUT2D eigenvalue weighted by Gasteiger charge is -2.15. The van der Waals surface area contributed by atoms with E-state index in [0.29, 0.717) is 17.8 Å². The second-order valence-corrected chi connectivity index (χ2v) is 4.97. The standard InChI is InChI=1S/C14H17N3O2/c15-9-11-1-3-12(4-2-11)17-13(19)16-10-14(5-6-14)7-8-18/h1-4,18H,5-8,10H2,(H2,16,17,19). The number of aliphatic hydroxyl groups is 1. The van der Waals surface area contributed by atoms with Crippen LogP contribution in [0, 0.1) is 16.7 Å². The molecule has 1 aromatic rings. The number of nitrogens with one attached hydrogen (secondary N) is 2. The van der Waals surface area contributed by atoms with E-state index in [0.717, 1.165) is 19.3 Å². The first-order valence-electron chi connectivity index (χ1n) is 6.33. The number of anilines is 1. The Morgan fingerprint density at radius 1 is 1.37 bits per heavy atom. The number of carbonyl (C=O) groups excluding carboxylic acids is 1. The first-order chi connectivity index (χ1) is 9.17. The van der Waals surface area contributed by atoms with Crippen molar-refractivity contribution in [1.82, 2.24) is 5.32 Å². The largest absolute Gasteiger partial charge is 0.396 e. The van der Waals surface area contributed by atoms with Gasteiger partial charge in [-0.3, -0.25) is 0 Å². The van der Waals surface area contributed by atoms with Crippen molar-refractivity contribution in [3.63, 3.8) is 0 Å². The molecule has 0 bridgehead atoms. The molecule has 0 saturated heterocycles. The molecule has 1 fully saturated rings. The average molecular weight is 259 g/mol. The zero-order valence-corrected chi connectivity index (χ0v) is 10.6. The molecule has 0 radical (unpaired) electrons. The predicted octanol–water partition coefficient (Wildman–Crippen LogP) is 1.84. The molecule has 0 heterocycles. The van der Waals surface area contributed by atoms with Gasteiger partial charge in [-0.15, -0.1) is 0 Å². The van der Waals surface area contributed by atoms with E-state index in [1.807, 2.05) is 6.07 Å². The molecule has 1 saturated carbocycles. The quantitative estimate of drug-likeness (QED) is 0.754. The monoisotopic (exact) mass is 259 g/mol. The van der Waals surface area contributed by atoms with Gasteiger partial charge in [-0.1, -0.05) is 0 Å². The van der Waals surface area contributed by atoms with E-state index >= 15 is 0 Å². The molecule has 1 aliphatic rings. The van der Waals surface area contributed by atoms with Crippen LogP contribution < -0.4 is 10.6 Å². The Balaban J connectivity index is 1.79. The first-order valence-corrected chi connectivity index (χ1v) is 6.33. The molecular formula is C14H17N3O2. The maximum absolute atomic E-state index is 11.7.